The zero-order chi connectivity index (χ0) is 23.0. The van der Waals surface area contributed by atoms with Gasteiger partial charge in [-0.1, -0.05) is 78.4 Å². The van der Waals surface area contributed by atoms with Crippen LogP contribution in [0.4, 0.5) is 0 Å². The summed E-state index contributed by atoms with van der Waals surface area (Å²) in [6.07, 6.45) is 2.67. The number of benzene rings is 3. The molecule has 0 unspecified atom stereocenters. The summed E-state index contributed by atoms with van der Waals surface area (Å²) in [6.45, 7) is 3.82. The molecule has 0 saturated heterocycles. The maximum atomic E-state index is 13.2. The Bertz CT molecular complexity index is 1170. The van der Waals surface area contributed by atoms with E-state index in [-0.39, 0.29) is 17.2 Å². The number of aryl methyl sites for hydroxylation is 1. The Morgan fingerprint density at radius 2 is 1.38 bits per heavy atom. The summed E-state index contributed by atoms with van der Waals surface area (Å²) in [7, 11) is -3.91. The van der Waals surface area contributed by atoms with Crippen molar-refractivity contribution in [1.82, 2.24) is 4.72 Å². The highest BCUT2D eigenvalue weighted by Crippen LogP contribution is 2.27. The molecule has 3 aromatic carbocycles. The third kappa shape index (κ3) is 5.95. The average molecular weight is 448 g/mol. The standard InChI is InChI=1S/C26H25NO4S/c1-3-31-25(28)19-18-24(27-32(29,30)23-16-14-20(2)15-17-23)26(21-10-6-4-7-11-21)22-12-8-5-9-13-22/h4-19,27H,3H2,1-2H3/b19-18-. The van der Waals surface area contributed by atoms with Crippen molar-refractivity contribution in [2.75, 3.05) is 6.61 Å². The molecule has 0 amide bonds. The summed E-state index contributed by atoms with van der Waals surface area (Å²) in [5.41, 5.74) is 3.46. The van der Waals surface area contributed by atoms with Crippen LogP contribution in [-0.2, 0) is 19.6 Å². The van der Waals surface area contributed by atoms with Crippen LogP contribution in [0.2, 0.25) is 0 Å². The van der Waals surface area contributed by atoms with Crippen molar-refractivity contribution in [2.24, 2.45) is 0 Å². The van der Waals surface area contributed by atoms with Crippen LogP contribution in [0.25, 0.3) is 5.57 Å². The normalized spacial score (nSPS) is 11.2. The lowest BCUT2D eigenvalue weighted by molar-refractivity contribution is -0.137. The number of carbonyl (C=O) groups excluding carboxylic acids is 1. The van der Waals surface area contributed by atoms with Crippen molar-refractivity contribution in [3.63, 3.8) is 0 Å². The zero-order valence-electron chi connectivity index (χ0n) is 18.0. The van der Waals surface area contributed by atoms with Gasteiger partial charge in [0.15, 0.2) is 0 Å². The number of sulfonamides is 1. The van der Waals surface area contributed by atoms with E-state index in [0.29, 0.717) is 5.57 Å². The van der Waals surface area contributed by atoms with Gasteiger partial charge in [-0.3, -0.25) is 4.72 Å². The summed E-state index contributed by atoms with van der Waals surface area (Å²) >= 11 is 0. The molecule has 0 spiro atoms. The molecular formula is C26H25NO4S. The van der Waals surface area contributed by atoms with Crippen LogP contribution in [0.5, 0.6) is 0 Å². The second-order valence-corrected chi connectivity index (χ2v) is 8.71. The lowest BCUT2D eigenvalue weighted by Crippen LogP contribution is -2.24. The van der Waals surface area contributed by atoms with Crippen molar-refractivity contribution >= 4 is 21.6 Å². The fraction of sp³-hybridized carbons (Fsp3) is 0.115. The van der Waals surface area contributed by atoms with Crippen LogP contribution < -0.4 is 4.72 Å². The third-order valence-corrected chi connectivity index (χ3v) is 6.02. The van der Waals surface area contributed by atoms with E-state index < -0.39 is 16.0 Å². The lowest BCUT2D eigenvalue weighted by atomic mass is 9.96. The van der Waals surface area contributed by atoms with Gasteiger partial charge in [0, 0.05) is 11.6 Å². The molecule has 164 valence electrons. The van der Waals surface area contributed by atoms with Crippen LogP contribution in [-0.4, -0.2) is 21.0 Å². The van der Waals surface area contributed by atoms with E-state index in [2.05, 4.69) is 4.72 Å². The molecule has 0 atom stereocenters. The van der Waals surface area contributed by atoms with Gasteiger partial charge in [0.1, 0.15) is 0 Å². The number of esters is 1. The van der Waals surface area contributed by atoms with E-state index in [1.54, 1.807) is 31.2 Å². The van der Waals surface area contributed by atoms with Crippen molar-refractivity contribution in [1.29, 1.82) is 0 Å². The van der Waals surface area contributed by atoms with Gasteiger partial charge in [-0.05, 0) is 43.2 Å². The van der Waals surface area contributed by atoms with Gasteiger partial charge in [0.05, 0.1) is 17.2 Å². The highest BCUT2D eigenvalue weighted by atomic mass is 32.2. The number of ether oxygens (including phenoxy) is 1. The number of nitrogens with one attached hydrogen (secondary N) is 1. The predicted molar refractivity (Wildman–Crippen MR) is 126 cm³/mol. The van der Waals surface area contributed by atoms with Crippen LogP contribution in [0, 0.1) is 6.92 Å². The fourth-order valence-corrected chi connectivity index (χ4v) is 4.19. The summed E-state index contributed by atoms with van der Waals surface area (Å²) in [4.78, 5) is 12.1. The number of rotatable bonds is 8. The highest BCUT2D eigenvalue weighted by Gasteiger charge is 2.19. The van der Waals surface area contributed by atoms with Crippen LogP contribution >= 0.6 is 0 Å². The van der Waals surface area contributed by atoms with Gasteiger partial charge in [0.25, 0.3) is 10.0 Å². The third-order valence-electron chi connectivity index (χ3n) is 4.64. The van der Waals surface area contributed by atoms with Gasteiger partial charge in [0.2, 0.25) is 0 Å². The van der Waals surface area contributed by atoms with Crippen LogP contribution in [0.15, 0.2) is 108 Å². The Labute approximate surface area is 189 Å². The Kier molecular flexibility index (Phi) is 7.63. The quantitative estimate of drug-likeness (QED) is 0.304. The van der Waals surface area contributed by atoms with Gasteiger partial charge < -0.3 is 4.74 Å². The van der Waals surface area contributed by atoms with Crippen LogP contribution in [0.3, 0.4) is 0 Å². The molecule has 0 bridgehead atoms. The second kappa shape index (κ2) is 10.6. The second-order valence-electron chi connectivity index (χ2n) is 7.02. The molecule has 0 radical (unpaired) electrons. The van der Waals surface area contributed by atoms with Gasteiger partial charge in [-0.15, -0.1) is 0 Å². The molecular weight excluding hydrogens is 422 g/mol. The molecule has 3 rings (SSSR count). The largest absolute Gasteiger partial charge is 0.463 e. The summed E-state index contributed by atoms with van der Waals surface area (Å²) in [5.74, 6) is -0.556. The van der Waals surface area contributed by atoms with E-state index in [9.17, 15) is 13.2 Å². The van der Waals surface area contributed by atoms with Gasteiger partial charge >= 0.3 is 5.97 Å². The number of hydrogen-bond acceptors (Lipinski definition) is 4. The molecule has 0 aliphatic heterocycles. The number of carbonyl (C=O) groups is 1. The van der Waals surface area contributed by atoms with Crippen molar-refractivity contribution < 1.29 is 17.9 Å². The summed E-state index contributed by atoms with van der Waals surface area (Å²) < 4.78 is 34.1. The lowest BCUT2D eigenvalue weighted by Gasteiger charge is -2.16. The molecule has 0 aliphatic carbocycles. The minimum Gasteiger partial charge on any atom is -0.463 e. The number of hydrogen-bond donors (Lipinski definition) is 1. The van der Waals surface area contributed by atoms with E-state index in [4.69, 9.17) is 4.74 Å². The Morgan fingerprint density at radius 1 is 0.844 bits per heavy atom. The molecule has 3 aromatic rings. The van der Waals surface area contributed by atoms with E-state index >= 15 is 0 Å². The Morgan fingerprint density at radius 3 is 1.88 bits per heavy atom. The molecule has 0 saturated carbocycles. The predicted octanol–water partition coefficient (Wildman–Crippen LogP) is 4.85. The fourth-order valence-electron chi connectivity index (χ4n) is 3.12. The Hall–Kier alpha value is -3.64. The Balaban J connectivity index is 2.19. The minimum absolute atomic E-state index is 0.130. The molecule has 0 fully saturated rings. The minimum atomic E-state index is -3.91. The average Bonchev–Trinajstić information content (AvgIpc) is 2.79. The summed E-state index contributed by atoms with van der Waals surface area (Å²) in [5, 5.41) is 0. The van der Waals surface area contributed by atoms with E-state index in [1.807, 2.05) is 67.6 Å². The smallest absolute Gasteiger partial charge is 0.330 e. The molecule has 32 heavy (non-hydrogen) atoms. The SMILES string of the molecule is CCOC(=O)/C=C\C(NS(=O)(=O)c1ccc(C)cc1)=C(c1ccccc1)c1ccccc1. The molecule has 1 N–H and O–H groups in total. The summed E-state index contributed by atoms with van der Waals surface area (Å²) in [6, 6.07) is 25.4. The maximum Gasteiger partial charge on any atom is 0.330 e. The van der Waals surface area contributed by atoms with Crippen molar-refractivity contribution in [3.05, 3.63) is 119 Å². The van der Waals surface area contributed by atoms with Gasteiger partial charge in [-0.25, -0.2) is 13.2 Å². The van der Waals surface area contributed by atoms with Gasteiger partial charge in [-0.2, -0.15) is 0 Å². The zero-order valence-corrected chi connectivity index (χ0v) is 18.8. The van der Waals surface area contributed by atoms with E-state index in [1.165, 1.54) is 12.2 Å². The molecule has 0 heterocycles. The number of allylic oxidation sites excluding steroid dienone is 1. The highest BCUT2D eigenvalue weighted by molar-refractivity contribution is 7.89. The molecule has 5 nitrogen and oxygen atoms in total. The first-order chi connectivity index (χ1) is 15.4. The molecule has 0 aliphatic rings. The van der Waals surface area contributed by atoms with Crippen molar-refractivity contribution in [2.45, 2.75) is 18.7 Å². The maximum absolute atomic E-state index is 13.2. The molecule has 0 aromatic heterocycles. The van der Waals surface area contributed by atoms with E-state index in [0.717, 1.165) is 16.7 Å². The first-order valence-corrected chi connectivity index (χ1v) is 11.7. The van der Waals surface area contributed by atoms with Crippen LogP contribution in [0.1, 0.15) is 23.6 Å². The first-order valence-electron chi connectivity index (χ1n) is 10.2. The van der Waals surface area contributed by atoms with Crippen molar-refractivity contribution in [3.8, 4) is 0 Å². The topological polar surface area (TPSA) is 72.5 Å². The first kappa shape index (κ1) is 23.0. The molecule has 6 heteroatoms. The monoisotopic (exact) mass is 447 g/mol.